The van der Waals surface area contributed by atoms with E-state index in [-0.39, 0.29) is 35.6 Å². The van der Waals surface area contributed by atoms with E-state index in [1.165, 1.54) is 86.5 Å². The number of allylic oxidation sites excluding steroid dienone is 4. The normalized spacial score (nSPS) is 14.6. The van der Waals surface area contributed by atoms with Crippen molar-refractivity contribution in [2.24, 2.45) is 11.3 Å². The quantitative estimate of drug-likeness (QED) is 0.207. The summed E-state index contributed by atoms with van der Waals surface area (Å²) in [5, 5.41) is 5.48. The fourth-order valence-electron chi connectivity index (χ4n) is 5.66. The molecule has 5 rings (SSSR count). The number of hydrogen-bond acceptors (Lipinski definition) is 0. The van der Waals surface area contributed by atoms with Crippen LogP contribution in [0.15, 0.2) is 90.0 Å². The Morgan fingerprint density at radius 1 is 0.696 bits per heavy atom. The minimum Gasteiger partial charge on any atom is -1.00 e. The van der Waals surface area contributed by atoms with Gasteiger partial charge in [-0.1, -0.05) is 136 Å². The van der Waals surface area contributed by atoms with Crippen LogP contribution in [0, 0.1) is 17.4 Å². The first-order valence-corrected chi connectivity index (χ1v) is 17.8. The first-order valence-electron chi connectivity index (χ1n) is 16.6. The van der Waals surface area contributed by atoms with Crippen molar-refractivity contribution in [1.82, 2.24) is 0 Å². The summed E-state index contributed by atoms with van der Waals surface area (Å²) < 4.78 is 1.55. The van der Waals surface area contributed by atoms with Gasteiger partial charge < -0.3 is 24.8 Å². The topological polar surface area (TPSA) is 0 Å². The summed E-state index contributed by atoms with van der Waals surface area (Å²) in [6, 6.07) is 26.8. The zero-order valence-electron chi connectivity index (χ0n) is 30.5. The molecule has 1 aliphatic carbocycles. The third-order valence-electron chi connectivity index (χ3n) is 8.57. The predicted molar refractivity (Wildman–Crippen MR) is 194 cm³/mol. The van der Waals surface area contributed by atoms with Crippen molar-refractivity contribution in [2.75, 3.05) is 0 Å². The van der Waals surface area contributed by atoms with Gasteiger partial charge in [-0.15, -0.1) is 39.7 Å². The molecule has 248 valence electrons. The number of benzene rings is 3. The van der Waals surface area contributed by atoms with E-state index in [0.717, 1.165) is 6.42 Å². The molecular formula is C43H56Cl2Zr-2. The van der Waals surface area contributed by atoms with Crippen LogP contribution < -0.4 is 24.8 Å². The van der Waals surface area contributed by atoms with E-state index < -0.39 is 0 Å². The van der Waals surface area contributed by atoms with Crippen molar-refractivity contribution < 1.29 is 49.0 Å². The molecule has 4 aromatic rings. The second-order valence-corrected chi connectivity index (χ2v) is 16.8. The van der Waals surface area contributed by atoms with Gasteiger partial charge in [0.25, 0.3) is 0 Å². The van der Waals surface area contributed by atoms with Crippen molar-refractivity contribution in [1.29, 1.82) is 0 Å². The van der Waals surface area contributed by atoms with Crippen LogP contribution >= 0.6 is 0 Å². The second-order valence-electron chi connectivity index (χ2n) is 15.3. The molecule has 0 saturated heterocycles. The molecule has 4 aromatic carbocycles. The summed E-state index contributed by atoms with van der Waals surface area (Å²) in [5.74, 6) is 0.573. The summed E-state index contributed by atoms with van der Waals surface area (Å²) in [6.45, 7) is 27.1. The minimum atomic E-state index is 0. The molecule has 0 aromatic heterocycles. The molecule has 0 bridgehead atoms. The van der Waals surface area contributed by atoms with E-state index in [1.807, 2.05) is 0 Å². The maximum absolute atomic E-state index is 3.57. The second kappa shape index (κ2) is 17.7. The average molecular weight is 735 g/mol. The van der Waals surface area contributed by atoms with Crippen molar-refractivity contribution in [3.63, 3.8) is 0 Å². The van der Waals surface area contributed by atoms with Gasteiger partial charge in [0.05, 0.1) is 0 Å². The Kier molecular flexibility index (Phi) is 16.3. The van der Waals surface area contributed by atoms with E-state index in [2.05, 4.69) is 168 Å². The molecule has 0 spiro atoms. The van der Waals surface area contributed by atoms with Crippen molar-refractivity contribution in [3.8, 4) is 0 Å². The largest absolute Gasteiger partial charge is 1.00 e. The zero-order valence-corrected chi connectivity index (χ0v) is 34.4. The Balaban J connectivity index is 0.000000366. The van der Waals surface area contributed by atoms with Crippen LogP contribution in [-0.4, -0.2) is 3.21 Å². The van der Waals surface area contributed by atoms with E-state index in [9.17, 15) is 0 Å². The van der Waals surface area contributed by atoms with Crippen LogP contribution in [0.1, 0.15) is 119 Å². The van der Waals surface area contributed by atoms with Crippen LogP contribution in [0.2, 0.25) is 0 Å². The number of fused-ring (bicyclic) bond motifs is 3. The summed E-state index contributed by atoms with van der Waals surface area (Å²) in [4.78, 5) is 0. The fourth-order valence-corrected chi connectivity index (χ4v) is 6.07. The summed E-state index contributed by atoms with van der Waals surface area (Å²) in [6.07, 6.45) is 9.46. The van der Waals surface area contributed by atoms with Gasteiger partial charge in [0.15, 0.2) is 0 Å². The Morgan fingerprint density at radius 3 is 1.52 bits per heavy atom. The van der Waals surface area contributed by atoms with Gasteiger partial charge in [-0.05, 0) is 10.8 Å². The molecule has 0 amide bonds. The van der Waals surface area contributed by atoms with Crippen molar-refractivity contribution in [3.05, 3.63) is 113 Å². The smallest absolute Gasteiger partial charge is 1.00 e. The van der Waals surface area contributed by atoms with Gasteiger partial charge in [0, 0.05) is 0 Å². The van der Waals surface area contributed by atoms with Gasteiger partial charge in [-0.2, -0.15) is 11.6 Å². The van der Waals surface area contributed by atoms with E-state index >= 15 is 0 Å². The maximum Gasteiger partial charge on any atom is -1.00 e. The molecule has 0 N–H and O–H groups in total. The van der Waals surface area contributed by atoms with E-state index in [4.69, 9.17) is 0 Å². The Morgan fingerprint density at radius 2 is 1.17 bits per heavy atom. The minimum absolute atomic E-state index is 0. The number of rotatable bonds is 4. The molecule has 1 aliphatic rings. The molecule has 0 fully saturated rings. The molecule has 0 heterocycles. The summed E-state index contributed by atoms with van der Waals surface area (Å²) in [7, 11) is 0. The SMILES string of the molecule is CC(C)(C)c1ccc2c(c1)[cH-]c1cc(C(C)(C)C)ccc12.CCC1=[C-]C(CC)C=C1C(C)(C)C.CC[C](=[Zr+2])c1ccccc1.[Cl-].[Cl-]. The average Bonchev–Trinajstić information content (AvgIpc) is 3.58. The van der Waals surface area contributed by atoms with Crippen molar-refractivity contribution >= 4 is 24.8 Å². The monoisotopic (exact) mass is 732 g/mol. The van der Waals surface area contributed by atoms with Gasteiger partial charge in [-0.25, -0.2) is 5.57 Å². The van der Waals surface area contributed by atoms with Gasteiger partial charge >= 0.3 is 76.7 Å². The van der Waals surface area contributed by atoms with Crippen molar-refractivity contribution in [2.45, 2.75) is 113 Å². The van der Waals surface area contributed by atoms with Gasteiger partial charge in [0.1, 0.15) is 0 Å². The molecule has 1 unspecified atom stereocenters. The molecule has 0 nitrogen and oxygen atoms in total. The molecular weight excluding hydrogens is 679 g/mol. The Hall–Kier alpha value is -1.66. The first-order chi connectivity index (χ1) is 20.5. The Labute approximate surface area is 309 Å². The van der Waals surface area contributed by atoms with Gasteiger partial charge in [-0.3, -0.25) is 6.08 Å². The standard InChI is InChI=1S/C21H25.C13H21.C9H10.2ClH.Zr/c1-20(2,3)16-7-9-18-14(12-16)11-15-13-17(21(4,5)6)8-10-19(15)18;1-6-10-8-11(7-2)12(9-10)13(3,4)5;1-2-6-9-7-4-3-5-8-9;;;/h7-13H,1-6H3;9-10H,6-7H2,1-5H3;3-5,7-8H,2H2,1H3;2*1H;/q2*-1;;;;+2/p-2. The fraction of sp³-hybridized carbons (Fsp3) is 0.442. The predicted octanol–water partition coefficient (Wildman–Crippen LogP) is 6.62. The molecule has 3 heteroatoms. The molecule has 0 aliphatic heterocycles. The van der Waals surface area contributed by atoms with Crippen LogP contribution in [-0.2, 0) is 35.1 Å². The molecule has 1 atom stereocenters. The molecule has 46 heavy (non-hydrogen) atoms. The zero-order chi connectivity index (χ0) is 32.9. The summed E-state index contributed by atoms with van der Waals surface area (Å²) in [5.41, 5.74) is 7.87. The van der Waals surface area contributed by atoms with Crippen LogP contribution in [0.5, 0.6) is 0 Å². The number of hydrogen-bond donors (Lipinski definition) is 0. The van der Waals surface area contributed by atoms with Gasteiger partial charge in [0.2, 0.25) is 0 Å². The van der Waals surface area contributed by atoms with Crippen LogP contribution in [0.25, 0.3) is 21.5 Å². The van der Waals surface area contributed by atoms with E-state index in [1.54, 1.807) is 3.21 Å². The first kappa shape index (κ1) is 42.4. The van der Waals surface area contributed by atoms with E-state index in [0.29, 0.717) is 11.3 Å². The third kappa shape index (κ3) is 11.2. The molecule has 0 radical (unpaired) electrons. The number of halogens is 2. The third-order valence-corrected chi connectivity index (χ3v) is 10.1. The molecule has 0 saturated carbocycles. The van der Waals surface area contributed by atoms with Crippen LogP contribution in [0.4, 0.5) is 0 Å². The van der Waals surface area contributed by atoms with Crippen LogP contribution in [0.3, 0.4) is 0 Å². The Bertz CT molecular complexity index is 1540. The maximum atomic E-state index is 3.57. The summed E-state index contributed by atoms with van der Waals surface area (Å²) >= 11 is 1.54.